The van der Waals surface area contributed by atoms with Gasteiger partial charge in [0.1, 0.15) is 0 Å². The van der Waals surface area contributed by atoms with Crippen LogP contribution in [0.1, 0.15) is 26.0 Å². The molecule has 1 heterocycles. The first kappa shape index (κ1) is 13.9. The molecule has 1 N–H and O–H groups in total. The van der Waals surface area contributed by atoms with Crippen LogP contribution in [0.2, 0.25) is 0 Å². The molecule has 5 heteroatoms. The molecule has 0 spiro atoms. The molecule has 0 aliphatic carbocycles. The Morgan fingerprint density at radius 3 is 3.18 bits per heavy atom. The van der Waals surface area contributed by atoms with E-state index >= 15 is 0 Å². The monoisotopic (exact) mass is 238 g/mol. The predicted octanol–water partition coefficient (Wildman–Crippen LogP) is 1.37. The van der Waals surface area contributed by atoms with Gasteiger partial charge in [-0.2, -0.15) is 0 Å². The Labute approximate surface area is 103 Å². The summed E-state index contributed by atoms with van der Waals surface area (Å²) in [6.45, 7) is 8.00. The van der Waals surface area contributed by atoms with E-state index in [9.17, 15) is 0 Å². The lowest BCUT2D eigenvalue weighted by Crippen LogP contribution is -2.14. The molecule has 0 aliphatic heterocycles. The third-order valence-electron chi connectivity index (χ3n) is 2.23. The number of allylic oxidation sites excluding steroid dienone is 1. The van der Waals surface area contributed by atoms with Gasteiger partial charge in [0.2, 0.25) is 0 Å². The number of hydrogen-bond donors (Lipinski definition) is 1. The van der Waals surface area contributed by atoms with E-state index in [4.69, 9.17) is 4.74 Å². The first-order valence-corrected chi connectivity index (χ1v) is 6.15. The minimum absolute atomic E-state index is 0.662. The molecule has 0 aromatic carbocycles. The van der Waals surface area contributed by atoms with Crippen LogP contribution in [0.5, 0.6) is 0 Å². The minimum Gasteiger partial charge on any atom is -0.375 e. The number of nitrogens with one attached hydrogen (secondary N) is 1. The molecule has 1 aromatic heterocycles. The van der Waals surface area contributed by atoms with Gasteiger partial charge in [-0.05, 0) is 19.9 Å². The summed E-state index contributed by atoms with van der Waals surface area (Å²) in [5.74, 6) is 0. The van der Waals surface area contributed by atoms with Crippen LogP contribution in [0.15, 0.2) is 18.3 Å². The average molecular weight is 238 g/mol. The number of nitrogens with zero attached hydrogens (tertiary/aromatic N) is 3. The van der Waals surface area contributed by atoms with E-state index in [0.29, 0.717) is 13.2 Å². The molecular formula is C12H22N4O. The normalized spacial score (nSPS) is 11.4. The Hall–Kier alpha value is -1.20. The molecule has 96 valence electrons. The minimum atomic E-state index is 0.662. The van der Waals surface area contributed by atoms with Crippen LogP contribution in [0.3, 0.4) is 0 Å². The zero-order valence-electron chi connectivity index (χ0n) is 10.7. The summed E-state index contributed by atoms with van der Waals surface area (Å²) in [6.07, 6.45) is 7.06. The number of aromatic nitrogens is 3. The van der Waals surface area contributed by atoms with Crippen molar-refractivity contribution in [2.45, 2.75) is 33.4 Å². The summed E-state index contributed by atoms with van der Waals surface area (Å²) in [7, 11) is 0. The molecule has 17 heavy (non-hydrogen) atoms. The molecule has 0 aliphatic rings. The molecular weight excluding hydrogens is 216 g/mol. The second-order valence-electron chi connectivity index (χ2n) is 3.79. The van der Waals surface area contributed by atoms with Crippen molar-refractivity contribution in [2.24, 2.45) is 0 Å². The van der Waals surface area contributed by atoms with Gasteiger partial charge in [-0.1, -0.05) is 24.3 Å². The SMILES string of the molecule is CC=CCOCCn1cc(CNCCC)nn1. The lowest BCUT2D eigenvalue weighted by molar-refractivity contribution is 0.149. The fraction of sp³-hybridized carbons (Fsp3) is 0.667. The van der Waals surface area contributed by atoms with Crippen LogP contribution < -0.4 is 5.32 Å². The average Bonchev–Trinajstić information content (AvgIpc) is 2.77. The molecule has 5 nitrogen and oxygen atoms in total. The van der Waals surface area contributed by atoms with Crippen molar-refractivity contribution >= 4 is 0 Å². The van der Waals surface area contributed by atoms with Gasteiger partial charge in [-0.3, -0.25) is 0 Å². The molecule has 0 unspecified atom stereocenters. The van der Waals surface area contributed by atoms with Crippen LogP contribution in [-0.4, -0.2) is 34.8 Å². The van der Waals surface area contributed by atoms with Crippen LogP contribution in [0.4, 0.5) is 0 Å². The second-order valence-corrected chi connectivity index (χ2v) is 3.79. The van der Waals surface area contributed by atoms with Crippen molar-refractivity contribution in [1.82, 2.24) is 20.3 Å². The Bertz CT molecular complexity index is 322. The van der Waals surface area contributed by atoms with Crippen molar-refractivity contribution in [3.8, 4) is 0 Å². The molecule has 0 fully saturated rings. The first-order chi connectivity index (χ1) is 8.36. The summed E-state index contributed by atoms with van der Waals surface area (Å²) in [5.41, 5.74) is 0.979. The molecule has 0 amide bonds. The fourth-order valence-corrected chi connectivity index (χ4v) is 1.33. The van der Waals surface area contributed by atoms with E-state index in [1.54, 1.807) is 0 Å². The lowest BCUT2D eigenvalue weighted by atomic mass is 10.4. The summed E-state index contributed by atoms with van der Waals surface area (Å²) in [5, 5.41) is 11.4. The van der Waals surface area contributed by atoms with Gasteiger partial charge in [0.05, 0.1) is 25.5 Å². The molecule has 0 atom stereocenters. The number of ether oxygens (including phenoxy) is 1. The molecule has 0 saturated carbocycles. The maximum Gasteiger partial charge on any atom is 0.0964 e. The van der Waals surface area contributed by atoms with Crippen molar-refractivity contribution in [1.29, 1.82) is 0 Å². The Morgan fingerprint density at radius 2 is 2.41 bits per heavy atom. The fourth-order valence-electron chi connectivity index (χ4n) is 1.33. The quantitative estimate of drug-likeness (QED) is 0.521. The highest BCUT2D eigenvalue weighted by molar-refractivity contribution is 4.91. The van der Waals surface area contributed by atoms with Crippen molar-refractivity contribution in [3.63, 3.8) is 0 Å². The third-order valence-corrected chi connectivity index (χ3v) is 2.23. The van der Waals surface area contributed by atoms with Crippen molar-refractivity contribution < 1.29 is 4.74 Å². The molecule has 0 saturated heterocycles. The van der Waals surface area contributed by atoms with Gasteiger partial charge >= 0.3 is 0 Å². The predicted molar refractivity (Wildman–Crippen MR) is 67.7 cm³/mol. The van der Waals surface area contributed by atoms with Gasteiger partial charge in [-0.25, -0.2) is 4.68 Å². The van der Waals surface area contributed by atoms with Gasteiger partial charge in [0.25, 0.3) is 0 Å². The third kappa shape index (κ3) is 6.19. The number of rotatable bonds is 9. The maximum absolute atomic E-state index is 5.39. The molecule has 0 bridgehead atoms. The molecule has 1 rings (SSSR count). The van der Waals surface area contributed by atoms with E-state index < -0.39 is 0 Å². The molecule has 0 radical (unpaired) electrons. The van der Waals surface area contributed by atoms with Gasteiger partial charge in [0, 0.05) is 12.7 Å². The smallest absolute Gasteiger partial charge is 0.0964 e. The Balaban J connectivity index is 2.16. The van der Waals surface area contributed by atoms with Crippen LogP contribution in [0, 0.1) is 0 Å². The topological polar surface area (TPSA) is 52.0 Å². The summed E-state index contributed by atoms with van der Waals surface area (Å²) >= 11 is 0. The highest BCUT2D eigenvalue weighted by atomic mass is 16.5. The summed E-state index contributed by atoms with van der Waals surface area (Å²) in [6, 6.07) is 0. The van der Waals surface area contributed by atoms with Crippen molar-refractivity contribution in [3.05, 3.63) is 24.0 Å². The first-order valence-electron chi connectivity index (χ1n) is 6.15. The highest BCUT2D eigenvalue weighted by Crippen LogP contribution is 1.93. The standard InChI is InChI=1S/C12H22N4O/c1-3-5-8-17-9-7-16-11-12(14-15-16)10-13-6-4-2/h3,5,11,13H,4,6-10H2,1-2H3. The van der Waals surface area contributed by atoms with Crippen LogP contribution in [-0.2, 0) is 17.8 Å². The maximum atomic E-state index is 5.39. The van der Waals surface area contributed by atoms with Gasteiger partial charge < -0.3 is 10.1 Å². The largest absolute Gasteiger partial charge is 0.375 e. The number of hydrogen-bond acceptors (Lipinski definition) is 4. The van der Waals surface area contributed by atoms with Crippen LogP contribution >= 0.6 is 0 Å². The van der Waals surface area contributed by atoms with Crippen LogP contribution in [0.25, 0.3) is 0 Å². The van der Waals surface area contributed by atoms with E-state index in [0.717, 1.165) is 31.7 Å². The second kappa shape index (κ2) is 8.90. The zero-order chi connectivity index (χ0) is 12.3. The molecule has 1 aromatic rings. The van der Waals surface area contributed by atoms with Gasteiger partial charge in [0.15, 0.2) is 0 Å². The summed E-state index contributed by atoms with van der Waals surface area (Å²) in [4.78, 5) is 0. The lowest BCUT2D eigenvalue weighted by Gasteiger charge is -2.00. The van der Waals surface area contributed by atoms with E-state index in [1.807, 2.05) is 30.0 Å². The van der Waals surface area contributed by atoms with E-state index in [2.05, 4.69) is 22.6 Å². The van der Waals surface area contributed by atoms with Gasteiger partial charge in [-0.15, -0.1) is 5.10 Å². The summed E-state index contributed by atoms with van der Waals surface area (Å²) < 4.78 is 7.21. The van der Waals surface area contributed by atoms with Crippen molar-refractivity contribution in [2.75, 3.05) is 19.8 Å². The van der Waals surface area contributed by atoms with E-state index in [1.165, 1.54) is 0 Å². The zero-order valence-corrected chi connectivity index (χ0v) is 10.7. The Morgan fingerprint density at radius 1 is 1.53 bits per heavy atom. The van der Waals surface area contributed by atoms with E-state index in [-0.39, 0.29) is 0 Å². The Kier molecular flexibility index (Phi) is 7.25. The highest BCUT2D eigenvalue weighted by Gasteiger charge is 1.99.